The summed E-state index contributed by atoms with van der Waals surface area (Å²) in [5.41, 5.74) is 2.48. The first-order chi connectivity index (χ1) is 7.74. The van der Waals surface area contributed by atoms with Crippen LogP contribution in [0.4, 0.5) is 0 Å². The molecular formula is C14H19NO. The summed E-state index contributed by atoms with van der Waals surface area (Å²) in [5, 5.41) is 3.31. The van der Waals surface area contributed by atoms with Crippen molar-refractivity contribution in [3.63, 3.8) is 0 Å². The van der Waals surface area contributed by atoms with Crippen LogP contribution in [-0.4, -0.2) is 20.7 Å². The zero-order chi connectivity index (χ0) is 11.2. The average Bonchev–Trinajstić information content (AvgIpc) is 2.21. The van der Waals surface area contributed by atoms with Gasteiger partial charge in [-0.15, -0.1) is 0 Å². The molecule has 2 bridgehead atoms. The molecule has 0 aromatic heterocycles. The van der Waals surface area contributed by atoms with Gasteiger partial charge in [0, 0.05) is 17.5 Å². The monoisotopic (exact) mass is 217 g/mol. The van der Waals surface area contributed by atoms with Crippen molar-refractivity contribution in [1.29, 1.82) is 0 Å². The van der Waals surface area contributed by atoms with Gasteiger partial charge in [-0.25, -0.2) is 0 Å². The number of hydrogen-bond donors (Lipinski definition) is 1. The summed E-state index contributed by atoms with van der Waals surface area (Å²) in [6, 6.07) is 8.50. The van der Waals surface area contributed by atoms with Crippen molar-refractivity contribution < 1.29 is 4.74 Å². The molecule has 3 fully saturated rings. The Hall–Kier alpha value is -1.02. The van der Waals surface area contributed by atoms with E-state index in [2.05, 4.69) is 36.6 Å². The maximum absolute atomic E-state index is 5.47. The molecule has 2 nitrogen and oxygen atoms in total. The molecule has 1 aromatic carbocycles. The van der Waals surface area contributed by atoms with Crippen LogP contribution in [0.1, 0.15) is 24.8 Å². The summed E-state index contributed by atoms with van der Waals surface area (Å²) in [4.78, 5) is 0. The molecule has 0 radical (unpaired) electrons. The van der Waals surface area contributed by atoms with Gasteiger partial charge in [-0.05, 0) is 37.8 Å². The second-order valence-corrected chi connectivity index (χ2v) is 5.54. The molecule has 16 heavy (non-hydrogen) atoms. The molecule has 1 N–H and O–H groups in total. The fourth-order valence-electron chi connectivity index (χ4n) is 3.93. The van der Waals surface area contributed by atoms with E-state index < -0.39 is 0 Å². The molecule has 3 aliphatic carbocycles. The first kappa shape index (κ1) is 10.2. The minimum Gasteiger partial charge on any atom is -0.496 e. The molecule has 0 atom stereocenters. The quantitative estimate of drug-likeness (QED) is 0.836. The van der Waals surface area contributed by atoms with Gasteiger partial charge in [0.05, 0.1) is 7.11 Å². The Labute approximate surface area is 97.0 Å². The largest absolute Gasteiger partial charge is 0.496 e. The van der Waals surface area contributed by atoms with Crippen LogP contribution >= 0.6 is 0 Å². The third-order valence-corrected chi connectivity index (χ3v) is 4.37. The lowest BCUT2D eigenvalue weighted by molar-refractivity contribution is -0.137. The minimum atomic E-state index is 0.448. The van der Waals surface area contributed by atoms with Crippen molar-refractivity contribution in [2.24, 2.45) is 5.41 Å². The highest BCUT2D eigenvalue weighted by Crippen LogP contribution is 2.74. The van der Waals surface area contributed by atoms with Crippen LogP contribution in [0.2, 0.25) is 0 Å². The fraction of sp³-hybridized carbons (Fsp3) is 0.571. The Kier molecular flexibility index (Phi) is 2.05. The number of benzene rings is 1. The first-order valence-electron chi connectivity index (χ1n) is 6.02. The van der Waals surface area contributed by atoms with E-state index in [1.165, 1.54) is 31.4 Å². The van der Waals surface area contributed by atoms with Crippen molar-refractivity contribution in [2.45, 2.75) is 24.7 Å². The predicted octanol–water partition coefficient (Wildman–Crippen LogP) is 2.34. The third kappa shape index (κ3) is 1.17. The molecule has 0 aliphatic heterocycles. The van der Waals surface area contributed by atoms with Gasteiger partial charge in [-0.3, -0.25) is 0 Å². The Bertz CT molecular complexity index is 393. The van der Waals surface area contributed by atoms with Crippen molar-refractivity contribution in [2.75, 3.05) is 20.7 Å². The Morgan fingerprint density at radius 1 is 1.25 bits per heavy atom. The molecular weight excluding hydrogens is 198 g/mol. The highest BCUT2D eigenvalue weighted by molar-refractivity contribution is 5.47. The second kappa shape index (κ2) is 3.24. The van der Waals surface area contributed by atoms with Crippen LogP contribution in [0.5, 0.6) is 5.75 Å². The summed E-state index contributed by atoms with van der Waals surface area (Å²) in [6.45, 7) is 1.17. The van der Waals surface area contributed by atoms with Gasteiger partial charge < -0.3 is 10.1 Å². The van der Waals surface area contributed by atoms with Crippen LogP contribution in [-0.2, 0) is 5.41 Å². The molecule has 86 valence electrons. The highest BCUT2D eigenvalue weighted by atomic mass is 16.5. The zero-order valence-electron chi connectivity index (χ0n) is 10.0. The lowest BCUT2D eigenvalue weighted by Gasteiger charge is -2.71. The van der Waals surface area contributed by atoms with Crippen LogP contribution < -0.4 is 10.1 Å². The number of hydrogen-bond acceptors (Lipinski definition) is 2. The summed E-state index contributed by atoms with van der Waals surface area (Å²) < 4.78 is 5.47. The van der Waals surface area contributed by atoms with Crippen LogP contribution in [0.25, 0.3) is 0 Å². The molecule has 4 rings (SSSR count). The van der Waals surface area contributed by atoms with E-state index in [0.29, 0.717) is 10.8 Å². The van der Waals surface area contributed by atoms with E-state index in [9.17, 15) is 0 Å². The van der Waals surface area contributed by atoms with E-state index in [-0.39, 0.29) is 0 Å². The molecule has 2 heteroatoms. The summed E-state index contributed by atoms with van der Waals surface area (Å²) in [6.07, 6.45) is 4.00. The number of rotatable bonds is 4. The van der Waals surface area contributed by atoms with Crippen molar-refractivity contribution in [3.8, 4) is 5.75 Å². The molecule has 0 amide bonds. The van der Waals surface area contributed by atoms with Crippen molar-refractivity contribution >= 4 is 0 Å². The van der Waals surface area contributed by atoms with Crippen LogP contribution in [0, 0.1) is 5.41 Å². The average molecular weight is 217 g/mol. The van der Waals surface area contributed by atoms with Crippen molar-refractivity contribution in [1.82, 2.24) is 5.32 Å². The molecule has 0 unspecified atom stereocenters. The Balaban J connectivity index is 1.82. The number of methoxy groups -OCH3 is 1. The van der Waals surface area contributed by atoms with E-state index in [0.717, 1.165) is 5.75 Å². The number of ether oxygens (including phenoxy) is 1. The second-order valence-electron chi connectivity index (χ2n) is 5.54. The number of nitrogens with one attached hydrogen (secondary N) is 1. The first-order valence-corrected chi connectivity index (χ1v) is 6.02. The van der Waals surface area contributed by atoms with Gasteiger partial charge in [-0.2, -0.15) is 0 Å². The van der Waals surface area contributed by atoms with E-state index in [4.69, 9.17) is 4.74 Å². The van der Waals surface area contributed by atoms with E-state index in [1.807, 2.05) is 0 Å². The Morgan fingerprint density at radius 3 is 2.56 bits per heavy atom. The lowest BCUT2D eigenvalue weighted by atomic mass is 9.33. The van der Waals surface area contributed by atoms with Gasteiger partial charge >= 0.3 is 0 Å². The zero-order valence-corrected chi connectivity index (χ0v) is 10.0. The standard InChI is InChI=1S/C14H19NO/c1-15-10-13-7-14(8-13,9-13)11-5-3-4-6-12(11)16-2/h3-6,15H,7-10H2,1-2H3. The topological polar surface area (TPSA) is 21.3 Å². The fourth-order valence-corrected chi connectivity index (χ4v) is 3.93. The van der Waals surface area contributed by atoms with E-state index in [1.54, 1.807) is 7.11 Å². The molecule has 3 saturated carbocycles. The molecule has 0 heterocycles. The normalized spacial score (nSPS) is 35.1. The van der Waals surface area contributed by atoms with Crippen LogP contribution in [0.3, 0.4) is 0 Å². The van der Waals surface area contributed by atoms with Gasteiger partial charge in [0.25, 0.3) is 0 Å². The van der Waals surface area contributed by atoms with Gasteiger partial charge in [0.2, 0.25) is 0 Å². The Morgan fingerprint density at radius 2 is 1.94 bits per heavy atom. The van der Waals surface area contributed by atoms with Gasteiger partial charge in [0.1, 0.15) is 5.75 Å². The summed E-state index contributed by atoms with van der Waals surface area (Å²) >= 11 is 0. The molecule has 3 aliphatic rings. The maximum Gasteiger partial charge on any atom is 0.122 e. The van der Waals surface area contributed by atoms with E-state index >= 15 is 0 Å². The minimum absolute atomic E-state index is 0.448. The molecule has 1 aromatic rings. The van der Waals surface area contributed by atoms with Crippen molar-refractivity contribution in [3.05, 3.63) is 29.8 Å². The lowest BCUT2D eigenvalue weighted by Crippen LogP contribution is -2.67. The molecule has 0 spiro atoms. The van der Waals surface area contributed by atoms with Gasteiger partial charge in [-0.1, -0.05) is 18.2 Å². The predicted molar refractivity (Wildman–Crippen MR) is 64.9 cm³/mol. The van der Waals surface area contributed by atoms with Gasteiger partial charge in [0.15, 0.2) is 0 Å². The molecule has 0 saturated heterocycles. The summed E-state index contributed by atoms with van der Waals surface area (Å²) in [7, 11) is 3.82. The maximum atomic E-state index is 5.47. The SMILES string of the molecule is CNCC12CC(c3ccccc3OC)(C1)C2. The summed E-state index contributed by atoms with van der Waals surface area (Å²) in [5.74, 6) is 1.07. The number of para-hydroxylation sites is 1. The smallest absolute Gasteiger partial charge is 0.122 e. The third-order valence-electron chi connectivity index (χ3n) is 4.37. The van der Waals surface area contributed by atoms with Crippen LogP contribution in [0.15, 0.2) is 24.3 Å². The highest BCUT2D eigenvalue weighted by Gasteiger charge is 2.68.